The number of ether oxygens (including phenoxy) is 1. The van der Waals surface area contributed by atoms with Gasteiger partial charge in [0.15, 0.2) is 11.5 Å². The third-order valence-corrected chi connectivity index (χ3v) is 6.37. The van der Waals surface area contributed by atoms with Crippen molar-refractivity contribution in [1.82, 2.24) is 10.2 Å². The largest absolute Gasteiger partial charge is 0.497 e. The maximum Gasteiger partial charge on any atom is 0.425 e. The molecule has 4 rings (SSSR count). The van der Waals surface area contributed by atoms with Gasteiger partial charge in [-0.3, -0.25) is 14.4 Å². The van der Waals surface area contributed by atoms with Gasteiger partial charge in [-0.2, -0.15) is 13.2 Å². The molecule has 10 heteroatoms. The number of rotatable bonds is 6. The summed E-state index contributed by atoms with van der Waals surface area (Å²) in [5.74, 6) is -3.22. The van der Waals surface area contributed by atoms with Crippen molar-refractivity contribution in [1.29, 1.82) is 0 Å². The van der Waals surface area contributed by atoms with E-state index in [1.807, 2.05) is 5.32 Å². The highest BCUT2D eigenvalue weighted by atomic mass is 19.4. The third kappa shape index (κ3) is 4.21. The number of hydrogen-bond donors (Lipinski definition) is 1. The van der Waals surface area contributed by atoms with E-state index in [2.05, 4.69) is 0 Å². The van der Waals surface area contributed by atoms with Crippen LogP contribution in [0.4, 0.5) is 13.2 Å². The molecule has 1 aromatic carbocycles. The van der Waals surface area contributed by atoms with Crippen LogP contribution in [0.5, 0.6) is 5.75 Å². The second-order valence-electron chi connectivity index (χ2n) is 9.50. The summed E-state index contributed by atoms with van der Waals surface area (Å²) in [4.78, 5) is 40.4. The van der Waals surface area contributed by atoms with Gasteiger partial charge in [0, 0.05) is 18.7 Å². The lowest BCUT2D eigenvalue weighted by Gasteiger charge is -2.35. The Morgan fingerprint density at radius 2 is 1.83 bits per heavy atom. The predicted molar refractivity (Wildman–Crippen MR) is 118 cm³/mol. The van der Waals surface area contributed by atoms with Gasteiger partial charge >= 0.3 is 6.18 Å². The lowest BCUT2D eigenvalue weighted by atomic mass is 9.72. The monoisotopic (exact) mass is 490 g/mol. The second kappa shape index (κ2) is 8.58. The molecule has 0 bridgehead atoms. The molecule has 1 aliphatic heterocycles. The molecule has 1 atom stereocenters. The smallest absolute Gasteiger partial charge is 0.425 e. The molecule has 35 heavy (non-hydrogen) atoms. The van der Waals surface area contributed by atoms with Crippen LogP contribution in [0.1, 0.15) is 42.8 Å². The van der Waals surface area contributed by atoms with Crippen molar-refractivity contribution in [2.75, 3.05) is 13.7 Å². The highest BCUT2D eigenvalue weighted by molar-refractivity contribution is 6.14. The summed E-state index contributed by atoms with van der Waals surface area (Å²) in [7, 11) is 1.52. The molecule has 2 aromatic rings. The molecule has 0 unspecified atom stereocenters. The number of ketones is 1. The Morgan fingerprint density at radius 1 is 1.14 bits per heavy atom. The van der Waals surface area contributed by atoms with Gasteiger partial charge in [0.2, 0.25) is 5.54 Å². The SMILES string of the molecule is COc1ccc(CCN2C(=O)[C@](NC(=O)c3ccco3)(C(F)(F)F)C3=C2CC(C)(C)CC3=O)cc1. The molecular formula is C25H25F3N2O5. The molecule has 1 aromatic heterocycles. The van der Waals surface area contributed by atoms with Gasteiger partial charge in [0.1, 0.15) is 5.75 Å². The van der Waals surface area contributed by atoms with E-state index < -0.39 is 46.1 Å². The highest BCUT2D eigenvalue weighted by Gasteiger charge is 2.71. The Bertz CT molecular complexity index is 1180. The molecule has 2 aliphatic rings. The van der Waals surface area contributed by atoms with Crippen molar-refractivity contribution >= 4 is 17.6 Å². The molecule has 2 amide bonds. The molecule has 0 fully saturated rings. The average molecular weight is 490 g/mol. The molecule has 0 saturated carbocycles. The number of allylic oxidation sites excluding steroid dienone is 1. The fraction of sp³-hybridized carbons (Fsp3) is 0.400. The fourth-order valence-corrected chi connectivity index (χ4v) is 4.74. The second-order valence-corrected chi connectivity index (χ2v) is 9.50. The van der Waals surface area contributed by atoms with Gasteiger partial charge in [-0.05, 0) is 48.1 Å². The number of halogens is 3. The minimum absolute atomic E-state index is 0.00170. The third-order valence-electron chi connectivity index (χ3n) is 6.37. The Morgan fingerprint density at radius 3 is 2.40 bits per heavy atom. The summed E-state index contributed by atoms with van der Waals surface area (Å²) in [5.41, 5.74) is -4.07. The number of carbonyl (C=O) groups excluding carboxylic acids is 3. The number of nitrogens with one attached hydrogen (secondary N) is 1. The van der Waals surface area contributed by atoms with Crippen molar-refractivity contribution in [3.63, 3.8) is 0 Å². The van der Waals surface area contributed by atoms with E-state index in [4.69, 9.17) is 9.15 Å². The Balaban J connectivity index is 1.77. The summed E-state index contributed by atoms with van der Waals surface area (Å²) < 4.78 is 54.2. The molecule has 1 N–H and O–H groups in total. The van der Waals surface area contributed by atoms with E-state index in [9.17, 15) is 27.6 Å². The van der Waals surface area contributed by atoms with E-state index >= 15 is 0 Å². The Hall–Kier alpha value is -3.56. The summed E-state index contributed by atoms with van der Waals surface area (Å²) in [6.07, 6.45) is -4.00. The van der Waals surface area contributed by atoms with Crippen LogP contribution < -0.4 is 10.1 Å². The quantitative estimate of drug-likeness (QED) is 0.660. The van der Waals surface area contributed by atoms with Crippen LogP contribution in [-0.2, 0) is 16.0 Å². The van der Waals surface area contributed by atoms with Crippen molar-refractivity contribution in [3.05, 3.63) is 65.3 Å². The molecular weight excluding hydrogens is 465 g/mol. The predicted octanol–water partition coefficient (Wildman–Crippen LogP) is 4.05. The van der Waals surface area contributed by atoms with Crippen molar-refractivity contribution in [2.45, 2.75) is 44.8 Å². The Labute approximate surface area is 199 Å². The van der Waals surface area contributed by atoms with Crippen molar-refractivity contribution < 1.29 is 36.7 Å². The minimum atomic E-state index is -5.26. The van der Waals surface area contributed by atoms with E-state index in [0.29, 0.717) is 5.75 Å². The van der Waals surface area contributed by atoms with Crippen LogP contribution in [0.25, 0.3) is 0 Å². The number of alkyl halides is 3. The van der Waals surface area contributed by atoms with Gasteiger partial charge in [-0.1, -0.05) is 26.0 Å². The lowest BCUT2D eigenvalue weighted by molar-refractivity contribution is -0.190. The summed E-state index contributed by atoms with van der Waals surface area (Å²) in [6.45, 7) is 3.42. The maximum atomic E-state index is 14.7. The average Bonchev–Trinajstić information content (AvgIpc) is 3.38. The number of benzene rings is 1. The number of furan rings is 1. The number of amides is 2. The first-order chi connectivity index (χ1) is 16.4. The zero-order valence-electron chi connectivity index (χ0n) is 19.5. The lowest BCUT2D eigenvalue weighted by Crippen LogP contribution is -2.66. The summed E-state index contributed by atoms with van der Waals surface area (Å²) in [5, 5.41) is 1.84. The van der Waals surface area contributed by atoms with Gasteiger partial charge in [-0.25, -0.2) is 0 Å². The van der Waals surface area contributed by atoms with Crippen molar-refractivity contribution in [3.8, 4) is 5.75 Å². The van der Waals surface area contributed by atoms with Gasteiger partial charge in [0.05, 0.1) is 18.9 Å². The van der Waals surface area contributed by atoms with Gasteiger partial charge < -0.3 is 19.4 Å². The first-order valence-corrected chi connectivity index (χ1v) is 11.0. The molecule has 2 heterocycles. The number of nitrogens with zero attached hydrogens (tertiary/aromatic N) is 1. The van der Waals surface area contributed by atoms with Crippen LogP contribution in [0.3, 0.4) is 0 Å². The topological polar surface area (TPSA) is 88.8 Å². The van der Waals surface area contributed by atoms with Crippen LogP contribution >= 0.6 is 0 Å². The molecule has 0 saturated heterocycles. The summed E-state index contributed by atoms with van der Waals surface area (Å²) >= 11 is 0. The normalized spacial score (nSPS) is 21.8. The number of hydrogen-bond acceptors (Lipinski definition) is 5. The Kier molecular flexibility index (Phi) is 6.02. The van der Waals surface area contributed by atoms with Crippen LogP contribution in [0.2, 0.25) is 0 Å². The van der Waals surface area contributed by atoms with Gasteiger partial charge in [0.25, 0.3) is 11.8 Å². The van der Waals surface area contributed by atoms with Crippen LogP contribution in [-0.4, -0.2) is 47.9 Å². The van der Waals surface area contributed by atoms with E-state index in [1.54, 1.807) is 38.1 Å². The molecule has 0 spiro atoms. The minimum Gasteiger partial charge on any atom is -0.497 e. The first kappa shape index (κ1) is 24.6. The zero-order valence-corrected chi connectivity index (χ0v) is 19.5. The highest BCUT2D eigenvalue weighted by Crippen LogP contribution is 2.51. The number of methoxy groups -OCH3 is 1. The fourth-order valence-electron chi connectivity index (χ4n) is 4.74. The van der Waals surface area contributed by atoms with E-state index in [0.717, 1.165) is 16.7 Å². The zero-order chi connectivity index (χ0) is 25.6. The van der Waals surface area contributed by atoms with Crippen LogP contribution in [0, 0.1) is 5.41 Å². The van der Waals surface area contributed by atoms with E-state index in [-0.39, 0.29) is 31.5 Å². The molecule has 186 valence electrons. The number of Topliss-reactive ketones (excluding diaryl/α,β-unsaturated/α-hetero) is 1. The molecule has 1 aliphatic carbocycles. The molecule has 7 nitrogen and oxygen atoms in total. The standard InChI is InChI=1S/C25H25F3N2O5/c1-23(2)13-17-20(18(31)14-23)24(25(26,27)28,29-21(32)19-5-4-12-35-19)22(33)30(17)11-10-15-6-8-16(34-3)9-7-15/h4-9,12H,10-11,13-14H2,1-3H3,(H,29,32)/t24-/m0/s1. The van der Waals surface area contributed by atoms with Gasteiger partial charge in [-0.15, -0.1) is 0 Å². The first-order valence-electron chi connectivity index (χ1n) is 11.0. The van der Waals surface area contributed by atoms with Crippen molar-refractivity contribution in [2.24, 2.45) is 5.41 Å². The maximum absolute atomic E-state index is 14.7. The molecule has 0 radical (unpaired) electrons. The summed E-state index contributed by atoms with van der Waals surface area (Å²) in [6, 6.07) is 9.44. The van der Waals surface area contributed by atoms with Crippen LogP contribution in [0.15, 0.2) is 58.3 Å². The number of carbonyl (C=O) groups is 3. The van der Waals surface area contributed by atoms with E-state index in [1.165, 1.54) is 19.2 Å².